The summed E-state index contributed by atoms with van der Waals surface area (Å²) in [4.78, 5) is 14.9. The third-order valence-corrected chi connectivity index (χ3v) is 5.54. The van der Waals surface area contributed by atoms with E-state index in [1.807, 2.05) is 49.7 Å². The minimum Gasteiger partial charge on any atom is -0.492 e. The van der Waals surface area contributed by atoms with Crippen LogP contribution in [0.1, 0.15) is 23.9 Å². The molecule has 1 N–H and O–H groups in total. The molecule has 1 saturated heterocycles. The van der Waals surface area contributed by atoms with Crippen molar-refractivity contribution in [3.63, 3.8) is 0 Å². The van der Waals surface area contributed by atoms with Crippen LogP contribution >= 0.6 is 0 Å². The van der Waals surface area contributed by atoms with Crippen molar-refractivity contribution in [2.45, 2.75) is 34.2 Å². The lowest BCUT2D eigenvalue weighted by atomic mass is 10.1. The molecule has 0 radical (unpaired) electrons. The zero-order valence-corrected chi connectivity index (χ0v) is 17.9. The molecule has 3 rings (SSSR count). The molecule has 0 bridgehead atoms. The second-order valence-electron chi connectivity index (χ2n) is 7.70. The number of ether oxygens (including phenoxy) is 2. The molecular weight excluding hydrogens is 368 g/mol. The second kappa shape index (κ2) is 9.89. The predicted molar refractivity (Wildman–Crippen MR) is 113 cm³/mol. The molecule has 1 amide bonds. The van der Waals surface area contributed by atoms with Crippen LogP contribution in [0.3, 0.4) is 0 Å². The van der Waals surface area contributed by atoms with E-state index in [1.165, 1.54) is 5.56 Å². The van der Waals surface area contributed by atoms with Crippen LogP contribution in [0, 0.1) is 26.7 Å². The van der Waals surface area contributed by atoms with Crippen molar-refractivity contribution in [1.29, 1.82) is 0 Å². The molecule has 7 nitrogen and oxygen atoms in total. The maximum Gasteiger partial charge on any atom is 0.229 e. The van der Waals surface area contributed by atoms with Gasteiger partial charge in [0.2, 0.25) is 5.91 Å². The number of carbonyl (C=O) groups excluding carboxylic acids is 1. The number of anilines is 1. The monoisotopic (exact) mass is 400 g/mol. The standard InChI is InChI=1S/C22H32N4O3/c1-16(15-26-19(4)17(2)18(3)24-26)22(27)23-20-5-7-21(8-6-20)29-14-11-25-9-12-28-13-10-25/h5-8,16H,9-15H2,1-4H3,(H,23,27). The largest absolute Gasteiger partial charge is 0.492 e. The molecule has 29 heavy (non-hydrogen) atoms. The van der Waals surface area contributed by atoms with E-state index in [-0.39, 0.29) is 11.8 Å². The van der Waals surface area contributed by atoms with Crippen LogP contribution < -0.4 is 10.1 Å². The van der Waals surface area contributed by atoms with Gasteiger partial charge in [0.15, 0.2) is 0 Å². The summed E-state index contributed by atoms with van der Waals surface area (Å²) in [5.74, 6) is 0.607. The fourth-order valence-corrected chi connectivity index (χ4v) is 3.32. The minimum absolute atomic E-state index is 0.0174. The number of rotatable bonds is 8. The lowest BCUT2D eigenvalue weighted by Gasteiger charge is -2.26. The highest BCUT2D eigenvalue weighted by Gasteiger charge is 2.17. The molecule has 1 aromatic heterocycles. The first-order valence-corrected chi connectivity index (χ1v) is 10.3. The summed E-state index contributed by atoms with van der Waals surface area (Å²) < 4.78 is 13.1. The molecule has 1 atom stereocenters. The molecule has 7 heteroatoms. The molecule has 1 fully saturated rings. The molecule has 0 spiro atoms. The Labute approximate surface area is 173 Å². The van der Waals surface area contributed by atoms with Crippen molar-refractivity contribution in [2.24, 2.45) is 5.92 Å². The molecule has 0 aliphatic carbocycles. The summed E-state index contributed by atoms with van der Waals surface area (Å²) in [6.45, 7) is 13.6. The van der Waals surface area contributed by atoms with Gasteiger partial charge in [0.1, 0.15) is 12.4 Å². The average Bonchev–Trinajstić information content (AvgIpc) is 2.96. The molecule has 1 aliphatic rings. The van der Waals surface area contributed by atoms with Gasteiger partial charge in [-0.3, -0.25) is 14.4 Å². The Kier molecular flexibility index (Phi) is 7.28. The van der Waals surface area contributed by atoms with E-state index in [2.05, 4.69) is 22.2 Å². The lowest BCUT2D eigenvalue weighted by molar-refractivity contribution is -0.119. The van der Waals surface area contributed by atoms with E-state index in [9.17, 15) is 4.79 Å². The van der Waals surface area contributed by atoms with Gasteiger partial charge in [-0.15, -0.1) is 0 Å². The first kappa shape index (κ1) is 21.3. The van der Waals surface area contributed by atoms with Gasteiger partial charge < -0.3 is 14.8 Å². The Hall–Kier alpha value is -2.38. The summed E-state index contributed by atoms with van der Waals surface area (Å²) in [5, 5.41) is 7.50. The average molecular weight is 401 g/mol. The number of hydrogen-bond donors (Lipinski definition) is 1. The maximum absolute atomic E-state index is 12.6. The normalized spacial score (nSPS) is 15.9. The van der Waals surface area contributed by atoms with Gasteiger partial charge in [-0.05, 0) is 50.6 Å². The Morgan fingerprint density at radius 2 is 1.90 bits per heavy atom. The van der Waals surface area contributed by atoms with E-state index in [0.717, 1.165) is 55.7 Å². The third kappa shape index (κ3) is 5.81. The third-order valence-electron chi connectivity index (χ3n) is 5.54. The topological polar surface area (TPSA) is 68.6 Å². The van der Waals surface area contributed by atoms with Crippen LogP contribution in [-0.4, -0.2) is 60.0 Å². The van der Waals surface area contributed by atoms with Gasteiger partial charge >= 0.3 is 0 Å². The SMILES string of the molecule is Cc1nn(CC(C)C(=O)Nc2ccc(OCCN3CCOCC3)cc2)c(C)c1C. The van der Waals surface area contributed by atoms with E-state index < -0.39 is 0 Å². The minimum atomic E-state index is -0.183. The summed E-state index contributed by atoms with van der Waals surface area (Å²) in [6, 6.07) is 7.54. The number of aromatic nitrogens is 2. The van der Waals surface area contributed by atoms with E-state index in [0.29, 0.717) is 13.2 Å². The first-order valence-electron chi connectivity index (χ1n) is 10.3. The predicted octanol–water partition coefficient (Wildman–Crippen LogP) is 2.79. The van der Waals surface area contributed by atoms with Gasteiger partial charge in [-0.2, -0.15) is 5.10 Å². The van der Waals surface area contributed by atoms with Gasteiger partial charge in [0, 0.05) is 31.0 Å². The Balaban J connectivity index is 1.45. The molecule has 158 valence electrons. The van der Waals surface area contributed by atoms with Crippen LogP contribution in [-0.2, 0) is 16.1 Å². The summed E-state index contributed by atoms with van der Waals surface area (Å²) in [7, 11) is 0. The molecule has 1 aliphatic heterocycles. The van der Waals surface area contributed by atoms with Crippen molar-refractivity contribution in [3.05, 3.63) is 41.2 Å². The molecule has 0 saturated carbocycles. The molecular formula is C22H32N4O3. The summed E-state index contributed by atoms with van der Waals surface area (Å²) in [5.41, 5.74) is 4.08. The van der Waals surface area contributed by atoms with Gasteiger partial charge in [-0.1, -0.05) is 6.92 Å². The quantitative estimate of drug-likeness (QED) is 0.738. The number of carbonyl (C=O) groups is 1. The van der Waals surface area contributed by atoms with Crippen molar-refractivity contribution in [1.82, 2.24) is 14.7 Å². The molecule has 1 aromatic carbocycles. The highest BCUT2D eigenvalue weighted by Crippen LogP contribution is 2.18. The van der Waals surface area contributed by atoms with Crippen LogP contribution in [0.2, 0.25) is 0 Å². The number of hydrogen-bond acceptors (Lipinski definition) is 5. The van der Waals surface area contributed by atoms with Crippen LogP contribution in [0.4, 0.5) is 5.69 Å². The summed E-state index contributed by atoms with van der Waals surface area (Å²) >= 11 is 0. The maximum atomic E-state index is 12.6. The van der Waals surface area contributed by atoms with E-state index in [4.69, 9.17) is 9.47 Å². The first-order chi connectivity index (χ1) is 13.9. The molecule has 1 unspecified atom stereocenters. The van der Waals surface area contributed by atoms with Crippen LogP contribution in [0.25, 0.3) is 0 Å². The fourth-order valence-electron chi connectivity index (χ4n) is 3.32. The van der Waals surface area contributed by atoms with Crippen molar-refractivity contribution >= 4 is 11.6 Å². The number of benzene rings is 1. The number of amides is 1. The highest BCUT2D eigenvalue weighted by molar-refractivity contribution is 5.92. The highest BCUT2D eigenvalue weighted by atomic mass is 16.5. The molecule has 2 heterocycles. The van der Waals surface area contributed by atoms with Crippen LogP contribution in [0.15, 0.2) is 24.3 Å². The van der Waals surface area contributed by atoms with Crippen molar-refractivity contribution < 1.29 is 14.3 Å². The number of aryl methyl sites for hydroxylation is 1. The Bertz CT molecular complexity index is 810. The number of nitrogens with zero attached hydrogens (tertiary/aromatic N) is 3. The molecule has 2 aromatic rings. The second-order valence-corrected chi connectivity index (χ2v) is 7.70. The number of nitrogens with one attached hydrogen (secondary N) is 1. The fraction of sp³-hybridized carbons (Fsp3) is 0.545. The zero-order valence-electron chi connectivity index (χ0n) is 17.9. The van der Waals surface area contributed by atoms with E-state index in [1.54, 1.807) is 0 Å². The lowest BCUT2D eigenvalue weighted by Crippen LogP contribution is -2.38. The van der Waals surface area contributed by atoms with E-state index >= 15 is 0 Å². The Morgan fingerprint density at radius 3 is 2.52 bits per heavy atom. The van der Waals surface area contributed by atoms with Crippen molar-refractivity contribution in [3.8, 4) is 5.75 Å². The number of morpholine rings is 1. The Morgan fingerprint density at radius 1 is 1.21 bits per heavy atom. The van der Waals surface area contributed by atoms with Gasteiger partial charge in [0.25, 0.3) is 0 Å². The van der Waals surface area contributed by atoms with Crippen molar-refractivity contribution in [2.75, 3.05) is 44.8 Å². The zero-order chi connectivity index (χ0) is 20.8. The van der Waals surface area contributed by atoms with Crippen LogP contribution in [0.5, 0.6) is 5.75 Å². The van der Waals surface area contributed by atoms with Gasteiger partial charge in [-0.25, -0.2) is 0 Å². The smallest absolute Gasteiger partial charge is 0.229 e. The van der Waals surface area contributed by atoms with Gasteiger partial charge in [0.05, 0.1) is 31.4 Å². The summed E-state index contributed by atoms with van der Waals surface area (Å²) in [6.07, 6.45) is 0.